The molecular formula is C19H20N4O. The van der Waals surface area contributed by atoms with E-state index in [2.05, 4.69) is 16.2 Å². The number of para-hydroxylation sites is 1. The molecule has 1 aliphatic rings. The molecule has 5 nitrogen and oxygen atoms in total. The van der Waals surface area contributed by atoms with Crippen molar-refractivity contribution >= 4 is 34.4 Å². The van der Waals surface area contributed by atoms with Crippen LogP contribution in [0.4, 0.5) is 17.1 Å². The minimum atomic E-state index is -0.199. The van der Waals surface area contributed by atoms with E-state index in [4.69, 9.17) is 0 Å². The SMILES string of the molecule is CC1=NN(c2ccccc2)C(=O)C1=Nc1ccc(N(C)C)cc1C. The molecule has 1 amide bonds. The van der Waals surface area contributed by atoms with Crippen LogP contribution in [0, 0.1) is 6.92 Å². The maximum atomic E-state index is 12.7. The third-order valence-electron chi connectivity index (χ3n) is 3.92. The lowest BCUT2D eigenvalue weighted by Crippen LogP contribution is -2.27. The summed E-state index contributed by atoms with van der Waals surface area (Å²) in [4.78, 5) is 19.3. The molecule has 2 aromatic carbocycles. The molecule has 2 aromatic rings. The Morgan fingerprint density at radius 3 is 2.38 bits per heavy atom. The van der Waals surface area contributed by atoms with Gasteiger partial charge in [0.25, 0.3) is 5.91 Å². The van der Waals surface area contributed by atoms with Gasteiger partial charge < -0.3 is 4.90 Å². The van der Waals surface area contributed by atoms with Gasteiger partial charge in [0.15, 0.2) is 5.71 Å². The standard InChI is InChI=1S/C19H20N4O/c1-13-12-16(22(3)4)10-11-17(13)20-18-14(2)21-23(19(18)24)15-8-6-5-7-9-15/h5-12H,1-4H3. The van der Waals surface area contributed by atoms with E-state index >= 15 is 0 Å². The number of aryl methyl sites for hydroxylation is 1. The zero-order chi connectivity index (χ0) is 17.3. The van der Waals surface area contributed by atoms with E-state index < -0.39 is 0 Å². The predicted molar refractivity (Wildman–Crippen MR) is 99.6 cm³/mol. The molecule has 122 valence electrons. The maximum Gasteiger partial charge on any atom is 0.299 e. The van der Waals surface area contributed by atoms with E-state index in [0.29, 0.717) is 11.4 Å². The highest BCUT2D eigenvalue weighted by Crippen LogP contribution is 2.26. The van der Waals surface area contributed by atoms with Gasteiger partial charge in [-0.25, -0.2) is 4.99 Å². The second-order valence-electron chi connectivity index (χ2n) is 5.96. The summed E-state index contributed by atoms with van der Waals surface area (Å²) in [5.41, 5.74) is 4.66. The lowest BCUT2D eigenvalue weighted by molar-refractivity contribution is -0.112. The normalized spacial score (nSPS) is 15.8. The van der Waals surface area contributed by atoms with E-state index in [1.54, 1.807) is 0 Å². The van der Waals surface area contributed by atoms with E-state index in [9.17, 15) is 4.79 Å². The molecule has 0 spiro atoms. The number of hydrogen-bond donors (Lipinski definition) is 0. The minimum absolute atomic E-state index is 0.199. The van der Waals surface area contributed by atoms with Gasteiger partial charge in [0.2, 0.25) is 0 Å². The van der Waals surface area contributed by atoms with Gasteiger partial charge in [0.05, 0.1) is 17.1 Å². The van der Waals surface area contributed by atoms with Crippen molar-refractivity contribution in [1.29, 1.82) is 0 Å². The van der Waals surface area contributed by atoms with E-state index in [1.165, 1.54) is 5.01 Å². The Morgan fingerprint density at radius 1 is 1.04 bits per heavy atom. The molecule has 0 saturated carbocycles. The number of carbonyl (C=O) groups is 1. The molecule has 0 saturated heterocycles. The van der Waals surface area contributed by atoms with E-state index in [-0.39, 0.29) is 5.91 Å². The lowest BCUT2D eigenvalue weighted by atomic mass is 10.1. The molecule has 0 N–H and O–H groups in total. The van der Waals surface area contributed by atoms with Crippen molar-refractivity contribution in [3.05, 3.63) is 54.1 Å². The molecule has 3 rings (SSSR count). The maximum absolute atomic E-state index is 12.7. The fourth-order valence-corrected chi connectivity index (χ4v) is 2.53. The van der Waals surface area contributed by atoms with Crippen LogP contribution < -0.4 is 9.91 Å². The number of nitrogens with zero attached hydrogens (tertiary/aromatic N) is 4. The fraction of sp³-hybridized carbons (Fsp3) is 0.211. The van der Waals surface area contributed by atoms with E-state index in [1.807, 2.05) is 75.3 Å². The summed E-state index contributed by atoms with van der Waals surface area (Å²) in [7, 11) is 3.99. The highest BCUT2D eigenvalue weighted by molar-refractivity contribution is 6.71. The first-order valence-electron chi connectivity index (χ1n) is 7.79. The summed E-state index contributed by atoms with van der Waals surface area (Å²) < 4.78 is 0. The highest BCUT2D eigenvalue weighted by atomic mass is 16.2. The zero-order valence-corrected chi connectivity index (χ0v) is 14.3. The molecule has 0 unspecified atom stereocenters. The van der Waals surface area contributed by atoms with Crippen molar-refractivity contribution in [3.63, 3.8) is 0 Å². The minimum Gasteiger partial charge on any atom is -0.378 e. The molecule has 5 heteroatoms. The van der Waals surface area contributed by atoms with Gasteiger partial charge in [-0.15, -0.1) is 0 Å². The van der Waals surface area contributed by atoms with Crippen LogP contribution in [-0.4, -0.2) is 31.4 Å². The number of anilines is 2. The second kappa shape index (κ2) is 6.28. The summed E-state index contributed by atoms with van der Waals surface area (Å²) in [6.45, 7) is 3.80. The Morgan fingerprint density at radius 2 is 1.75 bits per heavy atom. The Balaban J connectivity index is 1.94. The third kappa shape index (κ3) is 2.93. The Hall–Kier alpha value is -2.95. The van der Waals surface area contributed by atoms with Crippen LogP contribution in [0.2, 0.25) is 0 Å². The molecule has 1 aliphatic heterocycles. The number of hydrogen-bond acceptors (Lipinski definition) is 4. The average Bonchev–Trinajstić information content (AvgIpc) is 2.85. The first kappa shape index (κ1) is 15.9. The third-order valence-corrected chi connectivity index (χ3v) is 3.92. The summed E-state index contributed by atoms with van der Waals surface area (Å²) in [6, 6.07) is 15.4. The average molecular weight is 320 g/mol. The second-order valence-corrected chi connectivity index (χ2v) is 5.96. The van der Waals surface area contributed by atoms with Crippen LogP contribution in [0.15, 0.2) is 58.6 Å². The highest BCUT2D eigenvalue weighted by Gasteiger charge is 2.30. The van der Waals surface area contributed by atoms with Crippen LogP contribution in [0.1, 0.15) is 12.5 Å². The molecule has 0 fully saturated rings. The summed E-state index contributed by atoms with van der Waals surface area (Å²) in [5, 5.41) is 5.75. The number of aliphatic imine (C=N–C) groups is 1. The Kier molecular flexibility index (Phi) is 4.16. The van der Waals surface area contributed by atoms with Crippen molar-refractivity contribution in [2.75, 3.05) is 24.0 Å². The molecule has 24 heavy (non-hydrogen) atoms. The molecule has 0 radical (unpaired) electrons. The number of benzene rings is 2. The Bertz CT molecular complexity index is 838. The van der Waals surface area contributed by atoms with Gasteiger partial charge in [-0.3, -0.25) is 4.79 Å². The van der Waals surface area contributed by atoms with Gasteiger partial charge in [0.1, 0.15) is 0 Å². The fourth-order valence-electron chi connectivity index (χ4n) is 2.53. The monoisotopic (exact) mass is 320 g/mol. The van der Waals surface area contributed by atoms with E-state index in [0.717, 1.165) is 22.6 Å². The van der Waals surface area contributed by atoms with Crippen molar-refractivity contribution in [2.45, 2.75) is 13.8 Å². The number of amides is 1. The largest absolute Gasteiger partial charge is 0.378 e. The Labute approximate surface area is 141 Å². The van der Waals surface area contributed by atoms with Crippen LogP contribution in [0.3, 0.4) is 0 Å². The van der Waals surface area contributed by atoms with Crippen molar-refractivity contribution in [2.24, 2.45) is 10.1 Å². The van der Waals surface area contributed by atoms with Crippen LogP contribution in [-0.2, 0) is 4.79 Å². The molecular weight excluding hydrogens is 300 g/mol. The van der Waals surface area contributed by atoms with Gasteiger partial charge in [0, 0.05) is 19.8 Å². The van der Waals surface area contributed by atoms with Crippen molar-refractivity contribution in [1.82, 2.24) is 0 Å². The van der Waals surface area contributed by atoms with Crippen LogP contribution >= 0.6 is 0 Å². The zero-order valence-electron chi connectivity index (χ0n) is 14.3. The molecule has 0 aromatic heterocycles. The quantitative estimate of drug-likeness (QED) is 0.868. The topological polar surface area (TPSA) is 48.3 Å². The smallest absolute Gasteiger partial charge is 0.299 e. The summed E-state index contributed by atoms with van der Waals surface area (Å²) in [5.74, 6) is -0.199. The number of carbonyl (C=O) groups excluding carboxylic acids is 1. The van der Waals surface area contributed by atoms with Gasteiger partial charge >= 0.3 is 0 Å². The molecule has 0 bridgehead atoms. The number of rotatable bonds is 3. The molecule has 0 aliphatic carbocycles. The van der Waals surface area contributed by atoms with Crippen molar-refractivity contribution in [3.8, 4) is 0 Å². The van der Waals surface area contributed by atoms with Gasteiger partial charge in [-0.1, -0.05) is 18.2 Å². The van der Waals surface area contributed by atoms with Gasteiger partial charge in [-0.2, -0.15) is 10.1 Å². The van der Waals surface area contributed by atoms with Crippen molar-refractivity contribution < 1.29 is 4.79 Å². The molecule has 0 atom stereocenters. The number of hydrazone groups is 1. The lowest BCUT2D eigenvalue weighted by Gasteiger charge is -2.14. The summed E-state index contributed by atoms with van der Waals surface area (Å²) in [6.07, 6.45) is 0. The summed E-state index contributed by atoms with van der Waals surface area (Å²) >= 11 is 0. The first-order valence-corrected chi connectivity index (χ1v) is 7.79. The first-order chi connectivity index (χ1) is 11.5. The van der Waals surface area contributed by atoms with Crippen LogP contribution in [0.5, 0.6) is 0 Å². The van der Waals surface area contributed by atoms with Crippen LogP contribution in [0.25, 0.3) is 0 Å². The van der Waals surface area contributed by atoms with Gasteiger partial charge in [-0.05, 0) is 49.7 Å². The molecule has 1 heterocycles. The predicted octanol–water partition coefficient (Wildman–Crippen LogP) is 3.56.